The lowest BCUT2D eigenvalue weighted by Gasteiger charge is -2.33. The highest BCUT2D eigenvalue weighted by molar-refractivity contribution is 6.11. The molecule has 2 aromatic rings. The van der Waals surface area contributed by atoms with Gasteiger partial charge in [-0.15, -0.1) is 5.01 Å². The number of ether oxygens (including phenoxy) is 3. The molecule has 4 amide bonds. The molecule has 0 spiro atoms. The van der Waals surface area contributed by atoms with Crippen molar-refractivity contribution < 1.29 is 38.2 Å². The molecule has 0 unspecified atom stereocenters. The summed E-state index contributed by atoms with van der Waals surface area (Å²) in [7, 11) is 1.10. The Morgan fingerprint density at radius 3 is 2.03 bits per heavy atom. The summed E-state index contributed by atoms with van der Waals surface area (Å²) in [5, 5.41) is 0.897. The van der Waals surface area contributed by atoms with E-state index in [4.69, 9.17) is 14.2 Å². The molecule has 3 rings (SSSR count). The number of hydrogen-bond donors (Lipinski definition) is 0. The van der Waals surface area contributed by atoms with Crippen LogP contribution in [0.15, 0.2) is 54.6 Å². The van der Waals surface area contributed by atoms with Crippen molar-refractivity contribution in [1.29, 1.82) is 0 Å². The summed E-state index contributed by atoms with van der Waals surface area (Å²) in [5.74, 6) is -2.35. The molecule has 11 heteroatoms. The number of imide groups is 1. The molecule has 11 nitrogen and oxygen atoms in total. The minimum absolute atomic E-state index is 0.0497. The summed E-state index contributed by atoms with van der Waals surface area (Å²) < 4.78 is 15.5. The van der Waals surface area contributed by atoms with Gasteiger partial charge in [0.05, 0.1) is 18.2 Å². The molecule has 1 heterocycles. The Kier molecular flexibility index (Phi) is 9.64. The van der Waals surface area contributed by atoms with Crippen LogP contribution in [0.5, 0.6) is 0 Å². The third kappa shape index (κ3) is 7.79. The highest BCUT2D eigenvalue weighted by Gasteiger charge is 2.40. The Hall–Kier alpha value is -4.41. The minimum Gasteiger partial charge on any atom is -0.468 e. The number of hydrazine groups is 1. The summed E-state index contributed by atoms with van der Waals surface area (Å²) >= 11 is 0. The maximum absolute atomic E-state index is 14.0. The van der Waals surface area contributed by atoms with Crippen LogP contribution in [0.3, 0.4) is 0 Å². The van der Waals surface area contributed by atoms with E-state index in [-0.39, 0.29) is 23.6 Å². The molecule has 1 fully saturated rings. The highest BCUT2D eigenvalue weighted by Crippen LogP contribution is 2.21. The van der Waals surface area contributed by atoms with Crippen molar-refractivity contribution in [2.75, 3.05) is 26.7 Å². The zero-order valence-corrected chi connectivity index (χ0v) is 22.5. The minimum atomic E-state index is -1.24. The maximum atomic E-state index is 14.0. The van der Waals surface area contributed by atoms with E-state index in [1.54, 1.807) is 62.1 Å². The summed E-state index contributed by atoms with van der Waals surface area (Å²) in [4.78, 5) is 67.8. The van der Waals surface area contributed by atoms with Crippen LogP contribution in [-0.2, 0) is 25.6 Å². The molecule has 0 N–H and O–H groups in total. The molecule has 0 aromatic heterocycles. The lowest BCUT2D eigenvalue weighted by atomic mass is 10.1. The van der Waals surface area contributed by atoms with E-state index in [0.717, 1.165) is 20.0 Å². The van der Waals surface area contributed by atoms with Gasteiger partial charge in [0.2, 0.25) is 0 Å². The number of esters is 1. The van der Waals surface area contributed by atoms with Gasteiger partial charge in [-0.3, -0.25) is 14.4 Å². The Morgan fingerprint density at radius 1 is 0.846 bits per heavy atom. The van der Waals surface area contributed by atoms with Crippen LogP contribution in [0.2, 0.25) is 0 Å². The van der Waals surface area contributed by atoms with Crippen molar-refractivity contribution in [2.24, 2.45) is 0 Å². The van der Waals surface area contributed by atoms with Crippen molar-refractivity contribution in [1.82, 2.24) is 14.9 Å². The standard InChI is InChI=1S/C28H33N3O8/c1-28(2,3)39-27(36)31(25(34)22-15-9-8-14-21(22)24(33)29-16-10-11-17-29)30(18-23(32)37-4)26(35)38-19-20-12-6-5-7-13-20/h5-9,12-15H,10-11,16-19H2,1-4H3. The molecule has 1 aliphatic rings. The van der Waals surface area contributed by atoms with Crippen LogP contribution >= 0.6 is 0 Å². The average Bonchev–Trinajstić information content (AvgIpc) is 3.45. The van der Waals surface area contributed by atoms with Gasteiger partial charge >= 0.3 is 18.2 Å². The third-order valence-electron chi connectivity index (χ3n) is 5.70. The van der Waals surface area contributed by atoms with E-state index < -0.39 is 36.2 Å². The molecule has 0 aliphatic carbocycles. The Morgan fingerprint density at radius 2 is 1.44 bits per heavy atom. The maximum Gasteiger partial charge on any atom is 0.437 e. The Bertz CT molecular complexity index is 1200. The predicted octanol–water partition coefficient (Wildman–Crippen LogP) is 4.03. The van der Waals surface area contributed by atoms with E-state index in [2.05, 4.69) is 0 Å². The summed E-state index contributed by atoms with van der Waals surface area (Å²) in [6, 6.07) is 14.7. The topological polar surface area (TPSA) is 123 Å². The molecule has 1 aliphatic heterocycles. The van der Waals surface area contributed by atoms with E-state index in [1.165, 1.54) is 18.2 Å². The van der Waals surface area contributed by atoms with E-state index >= 15 is 0 Å². The second-order valence-corrected chi connectivity index (χ2v) is 9.82. The van der Waals surface area contributed by atoms with Gasteiger partial charge in [-0.1, -0.05) is 42.5 Å². The number of carbonyl (C=O) groups is 5. The zero-order chi connectivity index (χ0) is 28.6. The number of hydrogen-bond acceptors (Lipinski definition) is 8. The van der Waals surface area contributed by atoms with Gasteiger partial charge in [0, 0.05) is 13.1 Å². The summed E-state index contributed by atoms with van der Waals surface area (Å²) in [6.45, 7) is 4.79. The first-order valence-corrected chi connectivity index (χ1v) is 12.5. The van der Waals surface area contributed by atoms with Crippen molar-refractivity contribution in [2.45, 2.75) is 45.8 Å². The lowest BCUT2D eigenvalue weighted by molar-refractivity contribution is -0.144. The SMILES string of the molecule is COC(=O)CN(C(=O)OCc1ccccc1)N(C(=O)OC(C)(C)C)C(=O)c1ccccc1C(=O)N1CCCC1. The lowest BCUT2D eigenvalue weighted by Crippen LogP contribution is -2.56. The Labute approximate surface area is 227 Å². The largest absolute Gasteiger partial charge is 0.468 e. The first-order valence-electron chi connectivity index (χ1n) is 12.5. The molecule has 0 atom stereocenters. The number of methoxy groups -OCH3 is 1. The first kappa shape index (κ1) is 29.2. The van der Waals surface area contributed by atoms with Gasteiger partial charge in [0.1, 0.15) is 18.8 Å². The molecule has 0 radical (unpaired) electrons. The zero-order valence-electron chi connectivity index (χ0n) is 22.5. The second kappa shape index (κ2) is 12.9. The smallest absolute Gasteiger partial charge is 0.437 e. The van der Waals surface area contributed by atoms with Gasteiger partial charge in [0.15, 0.2) is 0 Å². The number of benzene rings is 2. The fraction of sp³-hybridized carbons (Fsp3) is 0.393. The number of likely N-dealkylation sites (tertiary alicyclic amines) is 1. The normalized spacial score (nSPS) is 12.9. The number of carbonyl (C=O) groups excluding carboxylic acids is 5. The third-order valence-corrected chi connectivity index (χ3v) is 5.70. The average molecular weight is 540 g/mol. The van der Waals surface area contributed by atoms with Crippen LogP contribution in [0.4, 0.5) is 9.59 Å². The van der Waals surface area contributed by atoms with Crippen molar-refractivity contribution >= 4 is 30.0 Å². The van der Waals surface area contributed by atoms with Crippen LogP contribution in [0.25, 0.3) is 0 Å². The van der Waals surface area contributed by atoms with Crippen molar-refractivity contribution in [3.63, 3.8) is 0 Å². The molecule has 2 aromatic carbocycles. The molecule has 1 saturated heterocycles. The van der Waals surface area contributed by atoms with Gasteiger partial charge in [-0.25, -0.2) is 9.59 Å². The number of amides is 4. The van der Waals surface area contributed by atoms with Gasteiger partial charge < -0.3 is 19.1 Å². The van der Waals surface area contributed by atoms with E-state index in [0.29, 0.717) is 28.7 Å². The van der Waals surface area contributed by atoms with Gasteiger partial charge in [-0.2, -0.15) is 5.01 Å². The molecule has 0 saturated carbocycles. The fourth-order valence-corrected chi connectivity index (χ4v) is 3.85. The summed E-state index contributed by atoms with van der Waals surface area (Å²) in [6.07, 6.45) is -0.735. The molecular formula is C28H33N3O8. The van der Waals surface area contributed by atoms with Crippen LogP contribution in [0, 0.1) is 0 Å². The van der Waals surface area contributed by atoms with Crippen molar-refractivity contribution in [3.8, 4) is 0 Å². The molecule has 208 valence electrons. The highest BCUT2D eigenvalue weighted by atomic mass is 16.6. The van der Waals surface area contributed by atoms with Gasteiger partial charge in [-0.05, 0) is 51.3 Å². The van der Waals surface area contributed by atoms with Gasteiger partial charge in [0.25, 0.3) is 11.8 Å². The number of nitrogens with zero attached hydrogens (tertiary/aromatic N) is 3. The van der Waals surface area contributed by atoms with Crippen LogP contribution in [-0.4, -0.2) is 77.2 Å². The Balaban J connectivity index is 2.02. The fourth-order valence-electron chi connectivity index (χ4n) is 3.85. The first-order chi connectivity index (χ1) is 18.5. The number of rotatable bonds is 6. The quantitative estimate of drug-likeness (QED) is 0.306. The second-order valence-electron chi connectivity index (χ2n) is 9.82. The molecule has 39 heavy (non-hydrogen) atoms. The monoisotopic (exact) mass is 539 g/mol. The van der Waals surface area contributed by atoms with Crippen molar-refractivity contribution in [3.05, 3.63) is 71.3 Å². The van der Waals surface area contributed by atoms with Crippen LogP contribution < -0.4 is 0 Å². The predicted molar refractivity (Wildman–Crippen MR) is 139 cm³/mol. The van der Waals surface area contributed by atoms with Crippen LogP contribution in [0.1, 0.15) is 59.9 Å². The van der Waals surface area contributed by atoms with E-state index in [1.807, 2.05) is 0 Å². The molecular weight excluding hydrogens is 506 g/mol. The van der Waals surface area contributed by atoms with E-state index in [9.17, 15) is 24.0 Å². The summed E-state index contributed by atoms with van der Waals surface area (Å²) in [5.41, 5.74) is -0.522. The molecule has 0 bridgehead atoms.